The summed E-state index contributed by atoms with van der Waals surface area (Å²) < 4.78 is 54.3. The van der Waals surface area contributed by atoms with Gasteiger partial charge in [0.2, 0.25) is 5.79 Å². The van der Waals surface area contributed by atoms with Crippen molar-refractivity contribution >= 4 is 11.6 Å². The zero-order valence-electron chi connectivity index (χ0n) is 29.0. The number of hydrogen-bond donors (Lipinski definition) is 1. The Morgan fingerprint density at radius 2 is 1.33 bits per heavy atom. The van der Waals surface area contributed by atoms with Gasteiger partial charge < -0.3 is 33.5 Å². The lowest BCUT2D eigenvalue weighted by Gasteiger charge is -2.50. The molecule has 5 aromatic carbocycles. The Morgan fingerprint density at radius 3 is 1.90 bits per heavy atom. The molecular weight excluding hydrogens is 683 g/mol. The maximum atomic E-state index is 14.9. The summed E-state index contributed by atoms with van der Waals surface area (Å²) in [6, 6.07) is 40.0. The molecule has 270 valence electrons. The van der Waals surface area contributed by atoms with E-state index in [4.69, 9.17) is 40.0 Å². The lowest BCUT2D eigenvalue weighted by molar-refractivity contribution is -0.353. The Labute approximate surface area is 308 Å². The summed E-state index contributed by atoms with van der Waals surface area (Å²) in [5.74, 6) is -1.76. The monoisotopic (exact) mass is 724 g/mol. The van der Waals surface area contributed by atoms with Gasteiger partial charge in [-0.3, -0.25) is 0 Å². The van der Waals surface area contributed by atoms with Crippen LogP contribution in [0.25, 0.3) is 0 Å². The molecule has 0 aromatic heterocycles. The SMILES string of the molecule is CCOc1ccc(Cc2cc(C34OC[C@@](CO)(O3)[C@@H](OCc3ccccc3)[C@H](OCc3ccccc3)[C@H]4OCc3ccccc3)ccc2Cl)cc1F. The van der Waals surface area contributed by atoms with Crippen molar-refractivity contribution in [2.24, 2.45) is 0 Å². The van der Waals surface area contributed by atoms with Crippen molar-refractivity contribution in [1.82, 2.24) is 0 Å². The molecule has 0 radical (unpaired) electrons. The second-order valence-electron chi connectivity index (χ2n) is 13.2. The zero-order chi connectivity index (χ0) is 36.0. The van der Waals surface area contributed by atoms with Crippen molar-refractivity contribution in [3.05, 3.63) is 172 Å². The molecule has 1 N–H and O–H groups in total. The van der Waals surface area contributed by atoms with E-state index < -0.39 is 42.1 Å². The number of ether oxygens (including phenoxy) is 6. The normalized spacial score (nSPS) is 23.8. The number of aliphatic hydroxyl groups excluding tert-OH is 1. The Balaban J connectivity index is 1.29. The van der Waals surface area contributed by atoms with Crippen LogP contribution < -0.4 is 4.74 Å². The van der Waals surface area contributed by atoms with Crippen molar-refractivity contribution in [2.75, 3.05) is 19.8 Å². The highest BCUT2D eigenvalue weighted by Gasteiger charge is 2.69. The number of benzene rings is 5. The smallest absolute Gasteiger partial charge is 0.225 e. The molecule has 9 heteroatoms. The molecule has 5 aromatic rings. The Morgan fingerprint density at radius 1 is 0.731 bits per heavy atom. The minimum absolute atomic E-state index is 0.0153. The molecule has 7 nitrogen and oxygen atoms in total. The van der Waals surface area contributed by atoms with E-state index in [0.717, 1.165) is 27.8 Å². The van der Waals surface area contributed by atoms with E-state index in [1.807, 2.05) is 116 Å². The van der Waals surface area contributed by atoms with E-state index in [-0.39, 0.29) is 32.2 Å². The zero-order valence-corrected chi connectivity index (χ0v) is 29.7. The van der Waals surface area contributed by atoms with Crippen LogP contribution >= 0.6 is 11.6 Å². The van der Waals surface area contributed by atoms with Gasteiger partial charge in [0.1, 0.15) is 23.9 Å². The number of aliphatic hydroxyl groups is 1. The molecule has 0 spiro atoms. The highest BCUT2D eigenvalue weighted by atomic mass is 35.5. The predicted octanol–water partition coefficient (Wildman–Crippen LogP) is 8.17. The molecule has 2 fully saturated rings. The summed E-state index contributed by atoms with van der Waals surface area (Å²) in [4.78, 5) is 0. The molecule has 7 rings (SSSR count). The van der Waals surface area contributed by atoms with Gasteiger partial charge in [0.25, 0.3) is 0 Å². The molecule has 2 bridgehead atoms. The molecular formula is C43H42ClFO7. The molecule has 1 unspecified atom stereocenters. The largest absolute Gasteiger partial charge is 0.491 e. The second-order valence-corrected chi connectivity index (χ2v) is 13.6. The first kappa shape index (κ1) is 36.2. The van der Waals surface area contributed by atoms with Crippen molar-refractivity contribution in [3.8, 4) is 5.75 Å². The average molecular weight is 725 g/mol. The van der Waals surface area contributed by atoms with Crippen LogP contribution in [0.4, 0.5) is 4.39 Å². The summed E-state index contributed by atoms with van der Waals surface area (Å²) in [5.41, 5.74) is 3.67. The van der Waals surface area contributed by atoms with Crippen molar-refractivity contribution in [1.29, 1.82) is 0 Å². The summed E-state index contributed by atoms with van der Waals surface area (Å²) in [5, 5.41) is 11.6. The van der Waals surface area contributed by atoms with Crippen molar-refractivity contribution in [2.45, 2.75) is 62.9 Å². The van der Waals surface area contributed by atoms with Gasteiger partial charge in [0.15, 0.2) is 11.6 Å². The van der Waals surface area contributed by atoms with E-state index in [1.54, 1.807) is 12.1 Å². The van der Waals surface area contributed by atoms with E-state index >= 15 is 0 Å². The topological polar surface area (TPSA) is 75.6 Å². The van der Waals surface area contributed by atoms with Crippen LogP contribution in [-0.2, 0) is 55.7 Å². The number of hydrogen-bond acceptors (Lipinski definition) is 7. The maximum Gasteiger partial charge on any atom is 0.225 e. The molecule has 2 aliphatic rings. The van der Waals surface area contributed by atoms with Crippen LogP contribution in [0.2, 0.25) is 5.02 Å². The summed E-state index contributed by atoms with van der Waals surface area (Å²) in [6.45, 7) is 2.54. The van der Waals surface area contributed by atoms with E-state index in [9.17, 15) is 9.50 Å². The van der Waals surface area contributed by atoms with Gasteiger partial charge in [-0.15, -0.1) is 0 Å². The molecule has 0 saturated carbocycles. The van der Waals surface area contributed by atoms with Crippen LogP contribution in [0.1, 0.15) is 40.3 Å². The maximum absolute atomic E-state index is 14.9. The summed E-state index contributed by atoms with van der Waals surface area (Å²) in [7, 11) is 0. The predicted molar refractivity (Wildman–Crippen MR) is 195 cm³/mol. The van der Waals surface area contributed by atoms with Gasteiger partial charge >= 0.3 is 0 Å². The van der Waals surface area contributed by atoms with Crippen LogP contribution in [0.5, 0.6) is 5.75 Å². The van der Waals surface area contributed by atoms with Gasteiger partial charge in [0.05, 0.1) is 39.6 Å². The van der Waals surface area contributed by atoms with Gasteiger partial charge in [-0.2, -0.15) is 0 Å². The Hall–Kier alpha value is -4.12. The summed E-state index contributed by atoms with van der Waals surface area (Å²) in [6.07, 6.45) is -2.06. The molecule has 0 aliphatic carbocycles. The van der Waals surface area contributed by atoms with Crippen LogP contribution in [0.3, 0.4) is 0 Å². The van der Waals surface area contributed by atoms with Crippen molar-refractivity contribution < 1.29 is 37.9 Å². The summed E-state index contributed by atoms with van der Waals surface area (Å²) >= 11 is 6.79. The number of rotatable bonds is 15. The lowest BCUT2D eigenvalue weighted by Crippen LogP contribution is -2.67. The first-order chi connectivity index (χ1) is 25.4. The standard InChI is InChI=1S/C43H42ClFO7/c1-2-47-38-21-18-33(23-37(38)45)22-34-24-35(19-20-36(34)44)43-41(50-27-32-16-10-5-11-17-32)39(48-25-30-12-6-3-7-13-30)40(42(28-46,52-43)29-51-43)49-26-31-14-8-4-9-15-31/h3-21,23-24,39-41,46H,2,22,25-29H2,1H3/t39-,40-,41+,42+,43?/m0/s1. The van der Waals surface area contributed by atoms with Gasteiger partial charge in [0, 0.05) is 10.6 Å². The van der Waals surface area contributed by atoms with Crippen molar-refractivity contribution in [3.63, 3.8) is 0 Å². The Kier molecular flexibility index (Phi) is 11.3. The molecule has 2 heterocycles. The fraction of sp³-hybridized carbons (Fsp3) is 0.302. The second kappa shape index (κ2) is 16.3. The molecule has 2 saturated heterocycles. The third kappa shape index (κ3) is 7.65. The van der Waals surface area contributed by atoms with E-state index in [1.165, 1.54) is 6.07 Å². The third-order valence-electron chi connectivity index (χ3n) is 9.61. The molecule has 52 heavy (non-hydrogen) atoms. The molecule has 0 amide bonds. The first-order valence-corrected chi connectivity index (χ1v) is 17.9. The first-order valence-electron chi connectivity index (χ1n) is 17.5. The number of fused-ring (bicyclic) bond motifs is 2. The van der Waals surface area contributed by atoms with Gasteiger partial charge in [-0.1, -0.05) is 115 Å². The molecule has 2 aliphatic heterocycles. The van der Waals surface area contributed by atoms with Gasteiger partial charge in [-0.05, 0) is 65.4 Å². The minimum Gasteiger partial charge on any atom is -0.491 e. The highest BCUT2D eigenvalue weighted by molar-refractivity contribution is 6.31. The van der Waals surface area contributed by atoms with Crippen LogP contribution in [0.15, 0.2) is 127 Å². The lowest BCUT2D eigenvalue weighted by atomic mass is 9.83. The van der Waals surface area contributed by atoms with E-state index in [2.05, 4.69) is 0 Å². The van der Waals surface area contributed by atoms with Crippen LogP contribution in [0, 0.1) is 5.82 Å². The average Bonchev–Trinajstić information content (AvgIpc) is 3.54. The highest BCUT2D eigenvalue weighted by Crippen LogP contribution is 2.53. The van der Waals surface area contributed by atoms with Gasteiger partial charge in [-0.25, -0.2) is 4.39 Å². The quantitative estimate of drug-likeness (QED) is 0.117. The Bertz CT molecular complexity index is 1910. The number of halogens is 2. The fourth-order valence-corrected chi connectivity index (χ4v) is 7.19. The fourth-order valence-electron chi connectivity index (χ4n) is 7.01. The van der Waals surface area contributed by atoms with E-state index in [0.29, 0.717) is 23.6 Å². The third-order valence-corrected chi connectivity index (χ3v) is 9.98. The minimum atomic E-state index is -1.52. The molecule has 5 atom stereocenters. The van der Waals surface area contributed by atoms with Crippen LogP contribution in [-0.4, -0.2) is 48.8 Å².